The molecule has 1 aromatic heterocycles. The van der Waals surface area contributed by atoms with Crippen LogP contribution in [0.25, 0.3) is 10.9 Å². The summed E-state index contributed by atoms with van der Waals surface area (Å²) in [5.41, 5.74) is 1.06. The van der Waals surface area contributed by atoms with Gasteiger partial charge in [0.05, 0.1) is 5.52 Å². The van der Waals surface area contributed by atoms with E-state index in [2.05, 4.69) is 6.92 Å². The molecule has 0 amide bonds. The van der Waals surface area contributed by atoms with Crippen LogP contribution in [0.15, 0.2) is 53.3 Å². The number of fused-ring (bicyclic) bond motifs is 1. The van der Waals surface area contributed by atoms with E-state index in [9.17, 15) is 14.7 Å². The van der Waals surface area contributed by atoms with Crippen LogP contribution in [0.1, 0.15) is 45.1 Å². The number of aryl methyl sites for hydroxylation is 1. The normalized spacial score (nSPS) is 10.9. The van der Waals surface area contributed by atoms with E-state index in [0.717, 1.165) is 31.2 Å². The van der Waals surface area contributed by atoms with Gasteiger partial charge in [-0.1, -0.05) is 56.5 Å². The molecule has 6 heteroatoms. The minimum Gasteiger partial charge on any atom is -0.504 e. The van der Waals surface area contributed by atoms with Crippen molar-refractivity contribution in [2.24, 2.45) is 0 Å². The molecule has 0 unspecified atom stereocenters. The standard InChI is InChI=1S/C24H27NO5/c1-3-4-5-9-14-25-21-15-19(29-16-18-10-7-6-8-11-18)12-13-20(21)22(27)23(24(25)28)30-17(2)26/h6-8,10-13,15,27H,3-5,9,14,16H2,1-2H3. The fourth-order valence-corrected chi connectivity index (χ4v) is 3.38. The minimum atomic E-state index is -0.651. The summed E-state index contributed by atoms with van der Waals surface area (Å²) in [5.74, 6) is -0.720. The summed E-state index contributed by atoms with van der Waals surface area (Å²) in [6.07, 6.45) is 3.95. The van der Waals surface area contributed by atoms with Gasteiger partial charge in [0.25, 0.3) is 5.56 Å². The van der Waals surface area contributed by atoms with Gasteiger partial charge in [-0.2, -0.15) is 0 Å². The van der Waals surface area contributed by atoms with Crippen LogP contribution < -0.4 is 15.0 Å². The van der Waals surface area contributed by atoms with E-state index in [-0.39, 0.29) is 11.5 Å². The minimum absolute atomic E-state index is 0.329. The molecular formula is C24H27NO5. The van der Waals surface area contributed by atoms with E-state index >= 15 is 0 Å². The first kappa shape index (κ1) is 21.4. The molecule has 0 saturated carbocycles. The van der Waals surface area contributed by atoms with Gasteiger partial charge in [-0.05, 0) is 24.1 Å². The molecule has 30 heavy (non-hydrogen) atoms. The van der Waals surface area contributed by atoms with Crippen LogP contribution in [0.3, 0.4) is 0 Å². The second kappa shape index (κ2) is 9.96. The SMILES string of the molecule is CCCCCCn1c(=O)c(OC(C)=O)c(O)c2ccc(OCc3ccccc3)cc21. The number of aromatic nitrogens is 1. The topological polar surface area (TPSA) is 77.8 Å². The molecule has 3 rings (SSSR count). The highest BCUT2D eigenvalue weighted by Gasteiger charge is 2.19. The summed E-state index contributed by atoms with van der Waals surface area (Å²) >= 11 is 0. The second-order valence-electron chi connectivity index (χ2n) is 7.24. The van der Waals surface area contributed by atoms with E-state index in [1.54, 1.807) is 22.8 Å². The number of carbonyl (C=O) groups excluding carboxylic acids is 1. The largest absolute Gasteiger partial charge is 0.504 e. The molecule has 0 radical (unpaired) electrons. The Hall–Kier alpha value is -3.28. The Morgan fingerprint density at radius 2 is 1.83 bits per heavy atom. The predicted molar refractivity (Wildman–Crippen MR) is 116 cm³/mol. The van der Waals surface area contributed by atoms with Crippen LogP contribution in [0.4, 0.5) is 0 Å². The third kappa shape index (κ3) is 5.00. The monoisotopic (exact) mass is 409 g/mol. The quantitative estimate of drug-likeness (QED) is 0.406. The maximum Gasteiger partial charge on any atom is 0.308 e. The number of hydrogen-bond donors (Lipinski definition) is 1. The maximum atomic E-state index is 13.0. The number of aromatic hydroxyl groups is 1. The van der Waals surface area contributed by atoms with Gasteiger partial charge in [-0.15, -0.1) is 0 Å². The lowest BCUT2D eigenvalue weighted by Gasteiger charge is -2.16. The van der Waals surface area contributed by atoms with Crippen LogP contribution in [0.5, 0.6) is 17.2 Å². The lowest BCUT2D eigenvalue weighted by molar-refractivity contribution is -0.132. The molecule has 0 aliphatic heterocycles. The van der Waals surface area contributed by atoms with Crippen molar-refractivity contribution in [2.45, 2.75) is 52.7 Å². The molecule has 1 N–H and O–H groups in total. The molecule has 3 aromatic rings. The maximum absolute atomic E-state index is 13.0. The lowest BCUT2D eigenvalue weighted by Crippen LogP contribution is -2.24. The Kier molecular flexibility index (Phi) is 7.12. The number of ether oxygens (including phenoxy) is 2. The molecule has 0 saturated heterocycles. The molecule has 2 aromatic carbocycles. The number of benzene rings is 2. The first-order chi connectivity index (χ1) is 14.5. The van der Waals surface area contributed by atoms with Crippen molar-refractivity contribution >= 4 is 16.9 Å². The van der Waals surface area contributed by atoms with Crippen molar-refractivity contribution in [3.8, 4) is 17.2 Å². The van der Waals surface area contributed by atoms with Crippen molar-refractivity contribution in [2.75, 3.05) is 0 Å². The van der Waals surface area contributed by atoms with Gasteiger partial charge in [-0.3, -0.25) is 9.59 Å². The van der Waals surface area contributed by atoms with Crippen molar-refractivity contribution < 1.29 is 19.4 Å². The van der Waals surface area contributed by atoms with Crippen LogP contribution in [0, 0.1) is 0 Å². The zero-order valence-electron chi connectivity index (χ0n) is 17.4. The molecule has 0 fully saturated rings. The smallest absolute Gasteiger partial charge is 0.308 e. The third-order valence-corrected chi connectivity index (χ3v) is 4.90. The number of nitrogens with zero attached hydrogens (tertiary/aromatic N) is 1. The number of carbonyl (C=O) groups is 1. The van der Waals surface area contributed by atoms with Crippen molar-refractivity contribution in [1.29, 1.82) is 0 Å². The Bertz CT molecular complexity index is 1070. The van der Waals surface area contributed by atoms with Gasteiger partial charge >= 0.3 is 5.97 Å². The molecule has 1 heterocycles. The fraction of sp³-hybridized carbons (Fsp3) is 0.333. The zero-order valence-corrected chi connectivity index (χ0v) is 17.4. The Balaban J connectivity index is 1.99. The highest BCUT2D eigenvalue weighted by atomic mass is 16.5. The van der Waals surface area contributed by atoms with Gasteiger partial charge in [0, 0.05) is 24.9 Å². The summed E-state index contributed by atoms with van der Waals surface area (Å²) in [7, 11) is 0. The summed E-state index contributed by atoms with van der Waals surface area (Å²) in [5, 5.41) is 11.0. The number of rotatable bonds is 9. The number of unbranched alkanes of at least 4 members (excludes halogenated alkanes) is 3. The number of pyridine rings is 1. The van der Waals surface area contributed by atoms with Gasteiger partial charge in [-0.25, -0.2) is 0 Å². The summed E-state index contributed by atoms with van der Waals surface area (Å²) < 4.78 is 12.5. The fourth-order valence-electron chi connectivity index (χ4n) is 3.38. The Morgan fingerprint density at radius 3 is 2.53 bits per heavy atom. The first-order valence-electron chi connectivity index (χ1n) is 10.3. The van der Waals surface area contributed by atoms with Crippen molar-refractivity contribution in [3.05, 3.63) is 64.4 Å². The molecule has 0 spiro atoms. The van der Waals surface area contributed by atoms with E-state index in [0.29, 0.717) is 29.8 Å². The van der Waals surface area contributed by atoms with Crippen LogP contribution in [-0.2, 0) is 17.9 Å². The molecule has 158 valence electrons. The van der Waals surface area contributed by atoms with Gasteiger partial charge in [0.15, 0.2) is 5.75 Å². The highest BCUT2D eigenvalue weighted by molar-refractivity contribution is 5.89. The third-order valence-electron chi connectivity index (χ3n) is 4.90. The lowest BCUT2D eigenvalue weighted by atomic mass is 10.1. The second-order valence-corrected chi connectivity index (χ2v) is 7.24. The highest BCUT2D eigenvalue weighted by Crippen LogP contribution is 2.34. The van der Waals surface area contributed by atoms with Gasteiger partial charge < -0.3 is 19.1 Å². The molecule has 0 aliphatic carbocycles. The van der Waals surface area contributed by atoms with E-state index in [4.69, 9.17) is 9.47 Å². The molecule has 0 atom stereocenters. The summed E-state index contributed by atoms with van der Waals surface area (Å²) in [4.78, 5) is 24.4. The Labute approximate surface area is 175 Å². The zero-order chi connectivity index (χ0) is 21.5. The summed E-state index contributed by atoms with van der Waals surface area (Å²) in [6, 6.07) is 14.9. The first-order valence-corrected chi connectivity index (χ1v) is 10.3. The molecule has 0 aliphatic rings. The predicted octanol–water partition coefficient (Wildman–Crippen LogP) is 4.79. The van der Waals surface area contributed by atoms with Crippen molar-refractivity contribution in [3.63, 3.8) is 0 Å². The average Bonchev–Trinajstić information content (AvgIpc) is 2.75. The van der Waals surface area contributed by atoms with Gasteiger partial charge in [0.1, 0.15) is 12.4 Å². The van der Waals surface area contributed by atoms with E-state index < -0.39 is 11.5 Å². The van der Waals surface area contributed by atoms with Crippen LogP contribution in [-0.4, -0.2) is 15.6 Å². The van der Waals surface area contributed by atoms with Crippen LogP contribution >= 0.6 is 0 Å². The van der Waals surface area contributed by atoms with Gasteiger partial charge in [0.2, 0.25) is 5.75 Å². The average molecular weight is 409 g/mol. The van der Waals surface area contributed by atoms with E-state index in [1.807, 2.05) is 30.3 Å². The van der Waals surface area contributed by atoms with Crippen molar-refractivity contribution in [1.82, 2.24) is 4.57 Å². The summed E-state index contributed by atoms with van der Waals surface area (Å²) in [6.45, 7) is 4.18. The number of esters is 1. The van der Waals surface area contributed by atoms with E-state index in [1.165, 1.54) is 6.92 Å². The molecular weight excluding hydrogens is 382 g/mol. The van der Waals surface area contributed by atoms with Crippen LogP contribution in [0.2, 0.25) is 0 Å². The Morgan fingerprint density at radius 1 is 1.07 bits per heavy atom. The molecule has 6 nitrogen and oxygen atoms in total. The number of hydrogen-bond acceptors (Lipinski definition) is 5. The molecule has 0 bridgehead atoms.